The number of carbonyl (C=O) groups is 2. The summed E-state index contributed by atoms with van der Waals surface area (Å²) in [6, 6.07) is 0. The summed E-state index contributed by atoms with van der Waals surface area (Å²) in [5, 5.41) is 19.1. The Hall–Kier alpha value is -2.62. The van der Waals surface area contributed by atoms with Crippen molar-refractivity contribution in [2.75, 3.05) is 0 Å². The van der Waals surface area contributed by atoms with Crippen LogP contribution in [0.3, 0.4) is 0 Å². The van der Waals surface area contributed by atoms with Crippen LogP contribution in [-0.4, -0.2) is 21.8 Å². The summed E-state index contributed by atoms with van der Waals surface area (Å²) in [6.45, 7) is 5.45. The van der Waals surface area contributed by atoms with Gasteiger partial charge in [0, 0.05) is 28.7 Å². The molecule has 0 unspecified atom stereocenters. The van der Waals surface area contributed by atoms with E-state index in [1.165, 1.54) is 18.2 Å². The zero-order chi connectivity index (χ0) is 14.9. The molecule has 4 heteroatoms. The van der Waals surface area contributed by atoms with Crippen LogP contribution in [0.4, 0.5) is 0 Å². The molecule has 20 heavy (non-hydrogen) atoms. The fourth-order valence-corrected chi connectivity index (χ4v) is 2.08. The van der Waals surface area contributed by atoms with Gasteiger partial charge in [0.2, 0.25) is 0 Å². The Balaban J connectivity index is 2.59. The molecule has 2 aliphatic carbocycles. The molecular weight excluding hydrogens is 256 g/mol. The first-order chi connectivity index (χ1) is 9.47. The van der Waals surface area contributed by atoms with Crippen LogP contribution in [0.2, 0.25) is 0 Å². The Labute approximate surface area is 116 Å². The lowest BCUT2D eigenvalue weighted by molar-refractivity contribution is -0.116. The number of aliphatic hydroxyl groups is 2. The second kappa shape index (κ2) is 5.17. The van der Waals surface area contributed by atoms with E-state index in [0.29, 0.717) is 0 Å². The lowest BCUT2D eigenvalue weighted by Gasteiger charge is -2.19. The molecule has 0 spiro atoms. The first kappa shape index (κ1) is 13.8. The summed E-state index contributed by atoms with van der Waals surface area (Å²) >= 11 is 0. The highest BCUT2D eigenvalue weighted by molar-refractivity contribution is 6.30. The lowest BCUT2D eigenvalue weighted by atomic mass is 9.81. The smallest absolute Gasteiger partial charge is 0.194 e. The van der Waals surface area contributed by atoms with Gasteiger partial charge >= 0.3 is 0 Å². The van der Waals surface area contributed by atoms with Crippen LogP contribution in [0.25, 0.3) is 0 Å². The predicted molar refractivity (Wildman–Crippen MR) is 75.1 cm³/mol. The highest BCUT2D eigenvalue weighted by Gasteiger charge is 2.33. The Morgan fingerprint density at radius 2 is 1.90 bits per heavy atom. The van der Waals surface area contributed by atoms with Crippen molar-refractivity contribution in [1.29, 1.82) is 0 Å². The third-order valence-corrected chi connectivity index (χ3v) is 3.19. The van der Waals surface area contributed by atoms with Gasteiger partial charge in [-0.1, -0.05) is 24.8 Å². The number of ketones is 2. The quantitative estimate of drug-likeness (QED) is 0.718. The molecule has 0 aromatic heterocycles. The van der Waals surface area contributed by atoms with Gasteiger partial charge in [-0.2, -0.15) is 0 Å². The van der Waals surface area contributed by atoms with Crippen molar-refractivity contribution in [2.45, 2.75) is 13.3 Å². The average molecular weight is 270 g/mol. The van der Waals surface area contributed by atoms with Crippen LogP contribution in [0, 0.1) is 0 Å². The van der Waals surface area contributed by atoms with Crippen molar-refractivity contribution in [3.63, 3.8) is 0 Å². The minimum absolute atomic E-state index is 0.106. The summed E-state index contributed by atoms with van der Waals surface area (Å²) in [5.41, 5.74) is 0.691. The molecule has 0 bridgehead atoms. The highest BCUT2D eigenvalue weighted by Crippen LogP contribution is 2.33. The predicted octanol–water partition coefficient (Wildman–Crippen LogP) is 2.78. The second-order valence-electron chi connectivity index (χ2n) is 4.48. The minimum Gasteiger partial charge on any atom is -0.508 e. The van der Waals surface area contributed by atoms with Gasteiger partial charge in [0.05, 0.1) is 0 Å². The number of hydrogen-bond acceptors (Lipinski definition) is 4. The Morgan fingerprint density at radius 1 is 1.20 bits per heavy atom. The van der Waals surface area contributed by atoms with Gasteiger partial charge in [-0.15, -0.1) is 0 Å². The van der Waals surface area contributed by atoms with Crippen LogP contribution in [0.15, 0.2) is 70.8 Å². The summed E-state index contributed by atoms with van der Waals surface area (Å²) in [4.78, 5) is 24.6. The van der Waals surface area contributed by atoms with Crippen molar-refractivity contribution in [3.8, 4) is 0 Å². The normalized spacial score (nSPS) is 22.1. The van der Waals surface area contributed by atoms with Crippen molar-refractivity contribution in [2.24, 2.45) is 0 Å². The Kier molecular flexibility index (Phi) is 3.57. The molecule has 2 aliphatic rings. The van der Waals surface area contributed by atoms with Gasteiger partial charge in [-0.3, -0.25) is 9.59 Å². The first-order valence-corrected chi connectivity index (χ1v) is 6.11. The number of Topliss-reactive ketones (excluding diaryl/α,β-unsaturated/α-hetero) is 2. The molecule has 0 aromatic rings. The molecule has 4 nitrogen and oxygen atoms in total. The van der Waals surface area contributed by atoms with Gasteiger partial charge in [0.1, 0.15) is 5.76 Å². The zero-order valence-electron chi connectivity index (χ0n) is 11.0. The van der Waals surface area contributed by atoms with E-state index in [0.717, 1.165) is 0 Å². The molecule has 0 saturated heterocycles. The molecule has 0 fully saturated rings. The third kappa shape index (κ3) is 2.16. The molecule has 2 rings (SSSR count). The van der Waals surface area contributed by atoms with E-state index in [9.17, 15) is 19.8 Å². The van der Waals surface area contributed by atoms with Crippen molar-refractivity contribution < 1.29 is 19.8 Å². The molecule has 0 atom stereocenters. The Bertz CT molecular complexity index is 667. The van der Waals surface area contributed by atoms with Crippen LogP contribution >= 0.6 is 0 Å². The third-order valence-electron chi connectivity index (χ3n) is 3.19. The molecular formula is C16H14O4. The maximum atomic E-state index is 12.4. The first-order valence-electron chi connectivity index (χ1n) is 6.11. The maximum absolute atomic E-state index is 12.4. The fourth-order valence-electron chi connectivity index (χ4n) is 2.08. The molecule has 0 aromatic carbocycles. The highest BCUT2D eigenvalue weighted by atomic mass is 16.3. The number of aliphatic hydroxyl groups excluding tert-OH is 2. The molecule has 102 valence electrons. The standard InChI is InChI=1S/C16H14O4/c1-3-4-5-10-9(2)15(19)12-8-14(18)13(17)7-6-11(12)16(10)20/h3-7,17-18H,2,8H2,1H3/b4-3-,10-5+. The van der Waals surface area contributed by atoms with Crippen molar-refractivity contribution in [3.05, 3.63) is 70.8 Å². The van der Waals surface area contributed by atoms with Crippen molar-refractivity contribution in [1.82, 2.24) is 0 Å². The van der Waals surface area contributed by atoms with E-state index in [1.807, 2.05) is 0 Å². The summed E-state index contributed by atoms with van der Waals surface area (Å²) < 4.78 is 0. The van der Waals surface area contributed by atoms with Crippen LogP contribution in [0.5, 0.6) is 0 Å². The van der Waals surface area contributed by atoms with Crippen LogP contribution < -0.4 is 0 Å². The van der Waals surface area contributed by atoms with E-state index < -0.39 is 0 Å². The van der Waals surface area contributed by atoms with Gasteiger partial charge in [-0.05, 0) is 19.1 Å². The average Bonchev–Trinajstić information content (AvgIpc) is 2.57. The molecule has 0 aliphatic heterocycles. The maximum Gasteiger partial charge on any atom is 0.194 e. The largest absolute Gasteiger partial charge is 0.508 e. The number of carbonyl (C=O) groups excluding carboxylic acids is 2. The van der Waals surface area contributed by atoms with E-state index in [1.54, 1.807) is 19.1 Å². The van der Waals surface area contributed by atoms with E-state index in [-0.39, 0.29) is 51.8 Å². The van der Waals surface area contributed by atoms with Crippen LogP contribution in [0.1, 0.15) is 13.3 Å². The summed E-state index contributed by atoms with van der Waals surface area (Å²) in [6.07, 6.45) is 7.33. The van der Waals surface area contributed by atoms with E-state index in [2.05, 4.69) is 6.58 Å². The van der Waals surface area contributed by atoms with Gasteiger partial charge in [-0.25, -0.2) is 0 Å². The molecule has 0 heterocycles. The number of allylic oxidation sites excluding steroid dienone is 9. The topological polar surface area (TPSA) is 74.6 Å². The second-order valence-corrected chi connectivity index (χ2v) is 4.48. The van der Waals surface area contributed by atoms with E-state index >= 15 is 0 Å². The van der Waals surface area contributed by atoms with Gasteiger partial charge < -0.3 is 10.2 Å². The minimum atomic E-state index is -0.388. The number of rotatable bonds is 1. The lowest BCUT2D eigenvalue weighted by Crippen LogP contribution is -2.23. The molecule has 2 N–H and O–H groups in total. The zero-order valence-corrected chi connectivity index (χ0v) is 11.0. The van der Waals surface area contributed by atoms with E-state index in [4.69, 9.17) is 0 Å². The molecule has 0 amide bonds. The monoisotopic (exact) mass is 270 g/mol. The van der Waals surface area contributed by atoms with Crippen LogP contribution in [-0.2, 0) is 9.59 Å². The summed E-state index contributed by atoms with van der Waals surface area (Å²) in [5.74, 6) is -1.40. The summed E-state index contributed by atoms with van der Waals surface area (Å²) in [7, 11) is 0. The molecule has 0 radical (unpaired) electrons. The number of hydrogen-bond donors (Lipinski definition) is 2. The van der Waals surface area contributed by atoms with Gasteiger partial charge in [0.25, 0.3) is 0 Å². The SMILES string of the molecule is C=C1C(=O)C2=C(C=CC(O)=C(O)C2)C(=O)/C1=C/C=C\C. The fraction of sp³-hybridized carbons (Fsp3) is 0.125. The van der Waals surface area contributed by atoms with Crippen molar-refractivity contribution >= 4 is 11.6 Å². The van der Waals surface area contributed by atoms with Gasteiger partial charge in [0.15, 0.2) is 17.3 Å². The molecule has 0 saturated carbocycles. The Morgan fingerprint density at radius 3 is 2.55 bits per heavy atom.